The predicted molar refractivity (Wildman–Crippen MR) is 129 cm³/mol. The lowest BCUT2D eigenvalue weighted by Crippen LogP contribution is -2.37. The minimum atomic E-state index is -0.00464. The lowest BCUT2D eigenvalue weighted by molar-refractivity contribution is 0.271. The lowest BCUT2D eigenvalue weighted by Gasteiger charge is -2.47. The van der Waals surface area contributed by atoms with E-state index in [-0.39, 0.29) is 10.8 Å². The zero-order chi connectivity index (χ0) is 21.4. The molecule has 0 spiro atoms. The normalized spacial score (nSPS) is 23.1. The van der Waals surface area contributed by atoms with E-state index in [1.165, 1.54) is 22.3 Å². The van der Waals surface area contributed by atoms with Crippen LogP contribution < -0.4 is 5.73 Å². The molecule has 0 heterocycles. The van der Waals surface area contributed by atoms with Gasteiger partial charge in [-0.15, -0.1) is 0 Å². The van der Waals surface area contributed by atoms with Crippen molar-refractivity contribution in [1.82, 2.24) is 0 Å². The first-order valence-corrected chi connectivity index (χ1v) is 11.3. The standard InChI is InChI=1S/C28H39N/c1-8-11-17-28(7,10-3)24-14-13-19(4)26-22(24)18-21-20(12-9-2)25(29)16-15-23(21)27(26,5)6/h9,11-13,15-17,24H,8,10,14,18,29H2,1-7H3/b12-9-,17-11?. The first-order valence-electron chi connectivity index (χ1n) is 11.3. The van der Waals surface area contributed by atoms with E-state index in [0.29, 0.717) is 5.92 Å². The Balaban J connectivity index is 2.25. The molecule has 0 aliphatic heterocycles. The van der Waals surface area contributed by atoms with Crippen LogP contribution in [0.5, 0.6) is 0 Å². The third kappa shape index (κ3) is 3.54. The molecular formula is C28H39N. The third-order valence-electron chi connectivity index (χ3n) is 7.48. The molecule has 0 saturated heterocycles. The molecule has 2 aliphatic rings. The fourth-order valence-corrected chi connectivity index (χ4v) is 5.75. The van der Waals surface area contributed by atoms with E-state index in [9.17, 15) is 0 Å². The second-order valence-corrected chi connectivity index (χ2v) is 9.64. The highest BCUT2D eigenvalue weighted by atomic mass is 14.6. The highest BCUT2D eigenvalue weighted by molar-refractivity contribution is 5.73. The number of allylic oxidation sites excluding steroid dienone is 7. The van der Waals surface area contributed by atoms with Gasteiger partial charge < -0.3 is 5.73 Å². The molecule has 2 unspecified atom stereocenters. The zero-order valence-electron chi connectivity index (χ0n) is 19.5. The van der Waals surface area contributed by atoms with Crippen LogP contribution in [0.15, 0.2) is 53.2 Å². The molecule has 0 aromatic heterocycles. The minimum Gasteiger partial charge on any atom is -0.398 e. The Morgan fingerprint density at radius 2 is 1.97 bits per heavy atom. The van der Waals surface area contributed by atoms with Crippen molar-refractivity contribution in [2.45, 2.75) is 79.6 Å². The van der Waals surface area contributed by atoms with E-state index in [4.69, 9.17) is 5.73 Å². The van der Waals surface area contributed by atoms with Gasteiger partial charge >= 0.3 is 0 Å². The average molecular weight is 390 g/mol. The Morgan fingerprint density at radius 3 is 2.59 bits per heavy atom. The smallest absolute Gasteiger partial charge is 0.0390 e. The van der Waals surface area contributed by atoms with Gasteiger partial charge in [0.25, 0.3) is 0 Å². The molecule has 0 radical (unpaired) electrons. The number of benzene rings is 1. The summed E-state index contributed by atoms with van der Waals surface area (Å²) in [5.74, 6) is 0.543. The monoisotopic (exact) mass is 389 g/mol. The Hall–Kier alpha value is -2.02. The van der Waals surface area contributed by atoms with Gasteiger partial charge in [0.2, 0.25) is 0 Å². The number of hydrogen-bond donors (Lipinski definition) is 1. The molecule has 156 valence electrons. The predicted octanol–water partition coefficient (Wildman–Crippen LogP) is 7.78. The van der Waals surface area contributed by atoms with Crippen molar-refractivity contribution in [2.75, 3.05) is 5.73 Å². The zero-order valence-corrected chi connectivity index (χ0v) is 19.5. The topological polar surface area (TPSA) is 26.0 Å². The Kier molecular flexibility index (Phi) is 5.99. The van der Waals surface area contributed by atoms with Crippen molar-refractivity contribution in [3.8, 4) is 0 Å². The van der Waals surface area contributed by atoms with Crippen molar-refractivity contribution < 1.29 is 0 Å². The minimum absolute atomic E-state index is 0.00464. The second kappa shape index (κ2) is 8.01. The molecule has 1 aromatic rings. The maximum atomic E-state index is 6.44. The maximum absolute atomic E-state index is 6.44. The van der Waals surface area contributed by atoms with Gasteiger partial charge in [-0.1, -0.05) is 82.2 Å². The van der Waals surface area contributed by atoms with E-state index >= 15 is 0 Å². The summed E-state index contributed by atoms with van der Waals surface area (Å²) in [4.78, 5) is 0. The number of hydrogen-bond acceptors (Lipinski definition) is 1. The SMILES string of the molecule is C/C=C\c1c(N)ccc2c1CC1=C(C(C)=CCC1C(C)(C=CCC)CC)C2(C)C. The van der Waals surface area contributed by atoms with Crippen LogP contribution in [0.2, 0.25) is 0 Å². The van der Waals surface area contributed by atoms with E-state index in [1.807, 2.05) is 0 Å². The Bertz CT molecular complexity index is 906. The van der Waals surface area contributed by atoms with Gasteiger partial charge in [-0.3, -0.25) is 0 Å². The van der Waals surface area contributed by atoms with Gasteiger partial charge in [0.15, 0.2) is 0 Å². The first kappa shape index (κ1) is 21.7. The van der Waals surface area contributed by atoms with E-state index in [2.05, 4.69) is 91.0 Å². The number of nitrogens with two attached hydrogens (primary N) is 1. The van der Waals surface area contributed by atoms with Crippen molar-refractivity contribution in [2.24, 2.45) is 11.3 Å². The van der Waals surface area contributed by atoms with Gasteiger partial charge in [-0.25, -0.2) is 0 Å². The van der Waals surface area contributed by atoms with Crippen LogP contribution in [-0.4, -0.2) is 0 Å². The van der Waals surface area contributed by atoms with Crippen LogP contribution in [0.3, 0.4) is 0 Å². The van der Waals surface area contributed by atoms with Crippen LogP contribution in [0.4, 0.5) is 5.69 Å². The lowest BCUT2D eigenvalue weighted by atomic mass is 9.57. The highest BCUT2D eigenvalue weighted by Crippen LogP contribution is 2.54. The summed E-state index contributed by atoms with van der Waals surface area (Å²) in [6.45, 7) is 16.2. The second-order valence-electron chi connectivity index (χ2n) is 9.64. The van der Waals surface area contributed by atoms with Crippen LogP contribution in [0.25, 0.3) is 6.08 Å². The molecule has 0 amide bonds. The highest BCUT2D eigenvalue weighted by Gasteiger charge is 2.43. The average Bonchev–Trinajstić information content (AvgIpc) is 2.68. The molecule has 0 fully saturated rings. The molecule has 3 rings (SSSR count). The molecule has 2 atom stereocenters. The third-order valence-corrected chi connectivity index (χ3v) is 7.48. The van der Waals surface area contributed by atoms with E-state index in [0.717, 1.165) is 31.4 Å². The van der Waals surface area contributed by atoms with Crippen LogP contribution in [-0.2, 0) is 11.8 Å². The summed E-state index contributed by atoms with van der Waals surface area (Å²) in [6.07, 6.45) is 16.1. The molecule has 1 nitrogen and oxygen atoms in total. The largest absolute Gasteiger partial charge is 0.398 e. The molecule has 1 heteroatoms. The van der Waals surface area contributed by atoms with Gasteiger partial charge in [0, 0.05) is 16.7 Å². The van der Waals surface area contributed by atoms with Crippen molar-refractivity contribution in [3.05, 3.63) is 69.8 Å². The van der Waals surface area contributed by atoms with Crippen LogP contribution in [0, 0.1) is 11.3 Å². The number of rotatable bonds is 5. The molecular weight excluding hydrogens is 350 g/mol. The number of anilines is 1. The van der Waals surface area contributed by atoms with Crippen LogP contribution in [0.1, 0.15) is 84.4 Å². The quantitative estimate of drug-likeness (QED) is 0.404. The van der Waals surface area contributed by atoms with Gasteiger partial charge in [0.05, 0.1) is 0 Å². The summed E-state index contributed by atoms with van der Waals surface area (Å²) in [5.41, 5.74) is 16.3. The molecule has 29 heavy (non-hydrogen) atoms. The van der Waals surface area contributed by atoms with Gasteiger partial charge in [0.1, 0.15) is 0 Å². The molecule has 2 N–H and O–H groups in total. The van der Waals surface area contributed by atoms with Crippen LogP contribution >= 0.6 is 0 Å². The molecule has 0 bridgehead atoms. The summed E-state index contributed by atoms with van der Waals surface area (Å²) < 4.78 is 0. The van der Waals surface area contributed by atoms with Gasteiger partial charge in [-0.2, -0.15) is 0 Å². The maximum Gasteiger partial charge on any atom is 0.0390 e. The fraction of sp³-hybridized carbons (Fsp3) is 0.500. The molecule has 2 aliphatic carbocycles. The van der Waals surface area contributed by atoms with Crippen molar-refractivity contribution >= 4 is 11.8 Å². The first-order chi connectivity index (χ1) is 13.7. The van der Waals surface area contributed by atoms with Crippen molar-refractivity contribution in [3.63, 3.8) is 0 Å². The van der Waals surface area contributed by atoms with E-state index < -0.39 is 0 Å². The van der Waals surface area contributed by atoms with Crippen molar-refractivity contribution in [1.29, 1.82) is 0 Å². The van der Waals surface area contributed by atoms with E-state index in [1.54, 1.807) is 11.1 Å². The Morgan fingerprint density at radius 1 is 1.24 bits per heavy atom. The summed E-state index contributed by atoms with van der Waals surface area (Å²) >= 11 is 0. The number of nitrogen functional groups attached to an aromatic ring is 1. The fourth-order valence-electron chi connectivity index (χ4n) is 5.75. The summed E-state index contributed by atoms with van der Waals surface area (Å²) in [6, 6.07) is 4.37. The number of fused-ring (bicyclic) bond motifs is 1. The van der Waals surface area contributed by atoms with Gasteiger partial charge in [-0.05, 0) is 73.6 Å². The summed E-state index contributed by atoms with van der Waals surface area (Å²) in [5, 5.41) is 0. The summed E-state index contributed by atoms with van der Waals surface area (Å²) in [7, 11) is 0. The Labute approximate surface area is 178 Å². The molecule has 0 saturated carbocycles. The molecule has 1 aromatic carbocycles.